The van der Waals surface area contributed by atoms with E-state index in [9.17, 15) is 23.2 Å². The lowest BCUT2D eigenvalue weighted by atomic mass is 9.75. The lowest BCUT2D eigenvalue weighted by molar-refractivity contribution is -0.137. The molecule has 0 spiro atoms. The molecule has 0 radical (unpaired) electrons. The Balaban J connectivity index is 1.33. The summed E-state index contributed by atoms with van der Waals surface area (Å²) in [5, 5.41) is 2.95. The zero-order valence-electron chi connectivity index (χ0n) is 19.8. The molecule has 190 valence electrons. The van der Waals surface area contributed by atoms with Gasteiger partial charge in [0.05, 0.1) is 24.8 Å². The van der Waals surface area contributed by atoms with Crippen molar-refractivity contribution in [2.24, 2.45) is 5.92 Å². The summed E-state index contributed by atoms with van der Waals surface area (Å²) in [6, 6.07) is 7.84. The second kappa shape index (κ2) is 9.93. The maximum Gasteiger partial charge on any atom is 0.325 e. The van der Waals surface area contributed by atoms with Crippen LogP contribution in [0.5, 0.6) is 0 Å². The zero-order valence-corrected chi connectivity index (χ0v) is 19.8. The van der Waals surface area contributed by atoms with Crippen LogP contribution in [0.25, 0.3) is 0 Å². The van der Waals surface area contributed by atoms with Crippen LogP contribution in [-0.4, -0.2) is 65.0 Å². The molecular formula is C26H28F2N4O4. The Hall–Kier alpha value is -3.40. The average Bonchev–Trinajstić information content (AvgIpc) is 3.49. The van der Waals surface area contributed by atoms with Gasteiger partial charge in [-0.1, -0.05) is 6.07 Å². The molecule has 10 heteroatoms. The van der Waals surface area contributed by atoms with Crippen molar-refractivity contribution in [1.29, 1.82) is 0 Å². The number of amides is 4. The third kappa shape index (κ3) is 4.45. The van der Waals surface area contributed by atoms with Crippen LogP contribution in [-0.2, 0) is 26.3 Å². The van der Waals surface area contributed by atoms with Crippen molar-refractivity contribution in [3.8, 4) is 0 Å². The van der Waals surface area contributed by atoms with Crippen LogP contribution in [0, 0.1) is 17.6 Å². The van der Waals surface area contributed by atoms with E-state index in [2.05, 4.69) is 10.3 Å². The average molecular weight is 499 g/mol. The molecule has 2 aromatic rings. The fourth-order valence-corrected chi connectivity index (χ4v) is 5.52. The van der Waals surface area contributed by atoms with E-state index in [4.69, 9.17) is 4.74 Å². The minimum Gasteiger partial charge on any atom is -0.376 e. The molecule has 3 aliphatic rings. The van der Waals surface area contributed by atoms with E-state index in [0.29, 0.717) is 38.2 Å². The number of imide groups is 1. The van der Waals surface area contributed by atoms with Crippen molar-refractivity contribution < 1.29 is 27.9 Å². The normalized spacial score (nSPS) is 24.9. The monoisotopic (exact) mass is 498 g/mol. The molecule has 0 bridgehead atoms. The highest BCUT2D eigenvalue weighted by molar-refractivity contribution is 6.07. The fourth-order valence-electron chi connectivity index (χ4n) is 5.52. The molecule has 5 rings (SSSR count). The SMILES string of the molecule is O=C(Cc1cc(F)ccc1F)N1CCC(C2(c3ccccn3)NC(=O)N(CC3CCCO3)C2=O)CC1. The Bertz CT molecular complexity index is 1150. The molecule has 4 heterocycles. The second-order valence-corrected chi connectivity index (χ2v) is 9.57. The van der Waals surface area contributed by atoms with Crippen molar-refractivity contribution in [2.45, 2.75) is 43.7 Å². The summed E-state index contributed by atoms with van der Waals surface area (Å²) >= 11 is 0. The topological polar surface area (TPSA) is 91.8 Å². The van der Waals surface area contributed by atoms with Gasteiger partial charge < -0.3 is 15.0 Å². The zero-order chi connectivity index (χ0) is 25.3. The summed E-state index contributed by atoms with van der Waals surface area (Å²) in [5.41, 5.74) is -0.860. The van der Waals surface area contributed by atoms with Gasteiger partial charge in [0.15, 0.2) is 5.54 Å². The molecule has 3 fully saturated rings. The summed E-state index contributed by atoms with van der Waals surface area (Å²) in [4.78, 5) is 47.0. The van der Waals surface area contributed by atoms with Gasteiger partial charge >= 0.3 is 6.03 Å². The Morgan fingerprint density at radius 3 is 2.64 bits per heavy atom. The van der Waals surface area contributed by atoms with Gasteiger partial charge in [0.25, 0.3) is 5.91 Å². The van der Waals surface area contributed by atoms with E-state index in [1.165, 1.54) is 4.90 Å². The first kappa shape index (κ1) is 24.3. The highest BCUT2D eigenvalue weighted by Crippen LogP contribution is 2.41. The Morgan fingerprint density at radius 2 is 1.94 bits per heavy atom. The van der Waals surface area contributed by atoms with Crippen molar-refractivity contribution in [1.82, 2.24) is 20.1 Å². The van der Waals surface area contributed by atoms with Crippen LogP contribution in [0.4, 0.5) is 13.6 Å². The largest absolute Gasteiger partial charge is 0.376 e. The second-order valence-electron chi connectivity index (χ2n) is 9.57. The first-order valence-electron chi connectivity index (χ1n) is 12.3. The van der Waals surface area contributed by atoms with E-state index in [1.807, 2.05) is 0 Å². The van der Waals surface area contributed by atoms with Gasteiger partial charge in [-0.05, 0) is 56.0 Å². The molecule has 3 aliphatic heterocycles. The summed E-state index contributed by atoms with van der Waals surface area (Å²) < 4.78 is 33.2. The highest BCUT2D eigenvalue weighted by atomic mass is 19.1. The van der Waals surface area contributed by atoms with Gasteiger partial charge in [-0.15, -0.1) is 0 Å². The van der Waals surface area contributed by atoms with E-state index in [-0.39, 0.29) is 42.4 Å². The van der Waals surface area contributed by atoms with Gasteiger partial charge in [0.2, 0.25) is 5.91 Å². The number of pyridine rings is 1. The summed E-state index contributed by atoms with van der Waals surface area (Å²) in [6.07, 6.45) is 3.73. The number of nitrogens with one attached hydrogen (secondary N) is 1. The molecule has 36 heavy (non-hydrogen) atoms. The van der Waals surface area contributed by atoms with E-state index >= 15 is 0 Å². The number of nitrogens with zero attached hydrogens (tertiary/aromatic N) is 3. The van der Waals surface area contributed by atoms with Gasteiger partial charge in [-0.3, -0.25) is 19.5 Å². The third-order valence-electron chi connectivity index (χ3n) is 7.42. The molecule has 1 N–H and O–H groups in total. The number of hydrogen-bond acceptors (Lipinski definition) is 5. The number of hydrogen-bond donors (Lipinski definition) is 1. The molecule has 8 nitrogen and oxygen atoms in total. The lowest BCUT2D eigenvalue weighted by Crippen LogP contribution is -2.55. The number of carbonyl (C=O) groups excluding carboxylic acids is 3. The summed E-state index contributed by atoms with van der Waals surface area (Å²) in [7, 11) is 0. The number of carbonyl (C=O) groups is 3. The van der Waals surface area contributed by atoms with Gasteiger partial charge in [-0.25, -0.2) is 13.6 Å². The predicted molar refractivity (Wildman–Crippen MR) is 124 cm³/mol. The van der Waals surface area contributed by atoms with E-state index in [1.54, 1.807) is 29.3 Å². The van der Waals surface area contributed by atoms with Crippen LogP contribution >= 0.6 is 0 Å². The Kier molecular flexibility index (Phi) is 6.70. The predicted octanol–water partition coefficient (Wildman–Crippen LogP) is 2.77. The van der Waals surface area contributed by atoms with Crippen molar-refractivity contribution in [3.05, 3.63) is 65.5 Å². The first-order valence-corrected chi connectivity index (χ1v) is 12.3. The molecule has 2 unspecified atom stereocenters. The number of benzene rings is 1. The maximum absolute atomic E-state index is 14.0. The molecule has 0 aliphatic carbocycles. The molecule has 4 amide bonds. The number of piperidine rings is 1. The van der Waals surface area contributed by atoms with Crippen LogP contribution in [0.2, 0.25) is 0 Å². The number of ether oxygens (including phenoxy) is 1. The van der Waals surface area contributed by atoms with Crippen molar-refractivity contribution >= 4 is 17.8 Å². The molecule has 1 aromatic heterocycles. The fraction of sp³-hybridized carbons (Fsp3) is 0.462. The number of urea groups is 1. The highest BCUT2D eigenvalue weighted by Gasteiger charge is 2.58. The van der Waals surface area contributed by atoms with Crippen LogP contribution in [0.1, 0.15) is 36.9 Å². The quantitative estimate of drug-likeness (QED) is 0.619. The van der Waals surface area contributed by atoms with Gasteiger partial charge in [0, 0.05) is 37.4 Å². The number of likely N-dealkylation sites (tertiary alicyclic amines) is 1. The standard InChI is InChI=1S/C26H28F2N4O4/c27-19-6-7-21(28)17(14-19)15-23(33)31-11-8-18(9-12-31)26(22-5-1-2-10-29-22)24(34)32(25(35)30-26)16-20-4-3-13-36-20/h1-2,5-7,10,14,18,20H,3-4,8-9,11-13,15-16H2,(H,30,35). The Morgan fingerprint density at radius 1 is 1.14 bits per heavy atom. The maximum atomic E-state index is 14.0. The summed E-state index contributed by atoms with van der Waals surface area (Å²) in [6.45, 7) is 1.45. The Labute approximate surface area is 207 Å². The molecule has 0 saturated carbocycles. The smallest absolute Gasteiger partial charge is 0.325 e. The number of rotatable bonds is 6. The minimum atomic E-state index is -1.33. The molecule has 1 aromatic carbocycles. The minimum absolute atomic E-state index is 0.00934. The van der Waals surface area contributed by atoms with Gasteiger partial charge in [-0.2, -0.15) is 0 Å². The lowest BCUT2D eigenvalue weighted by Gasteiger charge is -2.40. The van der Waals surface area contributed by atoms with E-state index in [0.717, 1.165) is 31.0 Å². The van der Waals surface area contributed by atoms with Crippen LogP contribution in [0.15, 0.2) is 42.6 Å². The first-order chi connectivity index (χ1) is 17.4. The van der Waals surface area contributed by atoms with Crippen LogP contribution in [0.3, 0.4) is 0 Å². The van der Waals surface area contributed by atoms with Gasteiger partial charge in [0.1, 0.15) is 11.6 Å². The number of aromatic nitrogens is 1. The molecule has 3 saturated heterocycles. The third-order valence-corrected chi connectivity index (χ3v) is 7.42. The van der Waals surface area contributed by atoms with Crippen LogP contribution < -0.4 is 5.32 Å². The summed E-state index contributed by atoms with van der Waals surface area (Å²) in [5.74, 6) is -2.19. The number of halogens is 2. The van der Waals surface area contributed by atoms with Crippen molar-refractivity contribution in [2.75, 3.05) is 26.2 Å². The van der Waals surface area contributed by atoms with Crippen molar-refractivity contribution in [3.63, 3.8) is 0 Å². The molecular weight excluding hydrogens is 470 g/mol. The van der Waals surface area contributed by atoms with E-state index < -0.39 is 23.2 Å². The molecule has 2 atom stereocenters.